The van der Waals surface area contributed by atoms with Crippen LogP contribution in [0.1, 0.15) is 15.9 Å². The Morgan fingerprint density at radius 2 is 1.54 bits per heavy atom. The van der Waals surface area contributed by atoms with Gasteiger partial charge in [-0.25, -0.2) is 9.78 Å². The number of nitrogens with zero attached hydrogens (tertiary/aromatic N) is 2. The summed E-state index contributed by atoms with van der Waals surface area (Å²) in [6.45, 7) is 1.99. The molecule has 0 aliphatic carbocycles. The van der Waals surface area contributed by atoms with E-state index >= 15 is 0 Å². The van der Waals surface area contributed by atoms with E-state index in [9.17, 15) is 9.59 Å². The summed E-state index contributed by atoms with van der Waals surface area (Å²) in [7, 11) is 0. The molecule has 39 heavy (non-hydrogen) atoms. The number of urea groups is 1. The first kappa shape index (κ1) is 26.1. The Balaban J connectivity index is 1.20. The van der Waals surface area contributed by atoms with Crippen molar-refractivity contribution in [2.45, 2.75) is 6.92 Å². The Morgan fingerprint density at radius 1 is 0.846 bits per heavy atom. The number of carbonyl (C=O) groups excluding carboxylic acids is 2. The van der Waals surface area contributed by atoms with E-state index in [1.54, 1.807) is 48.8 Å². The predicted octanol–water partition coefficient (Wildman–Crippen LogP) is 7.92. The minimum Gasteiger partial charge on any atom is -0.331 e. The second-order valence-corrected chi connectivity index (χ2v) is 10.3. The lowest BCUT2D eigenvalue weighted by molar-refractivity contribution is 0.102. The summed E-state index contributed by atoms with van der Waals surface area (Å²) in [5, 5.41) is 14.5. The number of nitrogens with one attached hydrogen (secondary N) is 4. The van der Waals surface area contributed by atoms with Crippen LogP contribution in [0.25, 0.3) is 11.3 Å². The van der Waals surface area contributed by atoms with E-state index in [0.29, 0.717) is 22.6 Å². The molecule has 194 valence electrons. The predicted molar refractivity (Wildman–Crippen MR) is 161 cm³/mol. The van der Waals surface area contributed by atoms with Gasteiger partial charge in [0.15, 0.2) is 5.13 Å². The zero-order valence-corrected chi connectivity index (χ0v) is 23.1. The molecule has 0 unspecified atom stereocenters. The molecule has 2 heterocycles. The number of carbonyl (C=O) groups is 2. The van der Waals surface area contributed by atoms with E-state index in [1.165, 1.54) is 11.3 Å². The number of rotatable bonds is 7. The molecule has 0 radical (unpaired) electrons. The molecule has 10 heteroatoms. The normalized spacial score (nSPS) is 10.5. The molecule has 0 aliphatic rings. The van der Waals surface area contributed by atoms with Crippen molar-refractivity contribution in [3.63, 3.8) is 0 Å². The van der Waals surface area contributed by atoms with E-state index in [-0.39, 0.29) is 11.9 Å². The molecule has 0 aliphatic heterocycles. The van der Waals surface area contributed by atoms with Crippen molar-refractivity contribution in [2.75, 3.05) is 21.3 Å². The molecule has 0 saturated carbocycles. The van der Waals surface area contributed by atoms with Crippen LogP contribution in [0.3, 0.4) is 0 Å². The molecular weight excluding hydrogens is 576 g/mol. The number of thiazole rings is 1. The van der Waals surface area contributed by atoms with E-state index in [4.69, 9.17) is 0 Å². The average molecular weight is 600 g/mol. The lowest BCUT2D eigenvalue weighted by Crippen LogP contribution is -2.19. The maximum atomic E-state index is 12.9. The zero-order valence-electron chi connectivity index (χ0n) is 20.7. The molecule has 8 nitrogen and oxygen atoms in total. The van der Waals surface area contributed by atoms with E-state index in [0.717, 1.165) is 32.1 Å². The van der Waals surface area contributed by atoms with Gasteiger partial charge in [0.05, 0.1) is 5.69 Å². The number of hydrogen-bond acceptors (Lipinski definition) is 6. The van der Waals surface area contributed by atoms with Crippen LogP contribution in [-0.4, -0.2) is 21.9 Å². The van der Waals surface area contributed by atoms with Gasteiger partial charge < -0.3 is 21.3 Å². The van der Waals surface area contributed by atoms with Gasteiger partial charge in [0.2, 0.25) is 0 Å². The largest absolute Gasteiger partial charge is 0.331 e. The van der Waals surface area contributed by atoms with Crippen LogP contribution in [0.2, 0.25) is 0 Å². The summed E-state index contributed by atoms with van der Waals surface area (Å²) in [6, 6.07) is 23.1. The molecule has 0 atom stereocenters. The Labute approximate surface area is 237 Å². The smallest absolute Gasteiger partial charge is 0.323 e. The van der Waals surface area contributed by atoms with Crippen LogP contribution < -0.4 is 21.3 Å². The third kappa shape index (κ3) is 6.86. The maximum absolute atomic E-state index is 12.9. The zero-order chi connectivity index (χ0) is 27.2. The van der Waals surface area contributed by atoms with Crippen LogP contribution in [0.4, 0.5) is 32.7 Å². The van der Waals surface area contributed by atoms with Crippen molar-refractivity contribution in [2.24, 2.45) is 0 Å². The van der Waals surface area contributed by atoms with Crippen LogP contribution in [0, 0.1) is 6.92 Å². The molecule has 5 rings (SSSR count). The van der Waals surface area contributed by atoms with Crippen molar-refractivity contribution in [3.05, 3.63) is 112 Å². The molecule has 2 aromatic heterocycles. The second-order valence-electron chi connectivity index (χ2n) is 8.55. The minimum absolute atomic E-state index is 0.260. The second kappa shape index (κ2) is 11.9. The Bertz CT molecular complexity index is 1610. The summed E-state index contributed by atoms with van der Waals surface area (Å²) in [5.41, 5.74) is 6.00. The summed E-state index contributed by atoms with van der Waals surface area (Å²) < 4.78 is 0.926. The average Bonchev–Trinajstić information content (AvgIpc) is 3.41. The lowest BCUT2D eigenvalue weighted by atomic mass is 10.1. The van der Waals surface area contributed by atoms with Crippen molar-refractivity contribution in [3.8, 4) is 11.3 Å². The van der Waals surface area contributed by atoms with E-state index < -0.39 is 0 Å². The van der Waals surface area contributed by atoms with Crippen molar-refractivity contribution >= 4 is 67.1 Å². The van der Waals surface area contributed by atoms with Gasteiger partial charge in [-0.1, -0.05) is 22.0 Å². The van der Waals surface area contributed by atoms with Gasteiger partial charge in [-0.3, -0.25) is 9.78 Å². The van der Waals surface area contributed by atoms with Crippen molar-refractivity contribution < 1.29 is 9.59 Å². The molecule has 4 N–H and O–H groups in total. The highest BCUT2D eigenvalue weighted by molar-refractivity contribution is 9.10. The summed E-state index contributed by atoms with van der Waals surface area (Å²) >= 11 is 4.86. The van der Waals surface area contributed by atoms with E-state index in [1.807, 2.05) is 54.8 Å². The number of hydrogen-bond donors (Lipinski definition) is 4. The van der Waals surface area contributed by atoms with Crippen LogP contribution >= 0.6 is 27.3 Å². The number of amides is 3. The quantitative estimate of drug-likeness (QED) is 0.152. The molecule has 3 amide bonds. The van der Waals surface area contributed by atoms with Crippen LogP contribution in [-0.2, 0) is 0 Å². The Kier molecular flexibility index (Phi) is 7.95. The molecule has 0 fully saturated rings. The third-order valence-corrected chi connectivity index (χ3v) is 6.99. The Hall–Kier alpha value is -4.54. The van der Waals surface area contributed by atoms with Gasteiger partial charge in [0.25, 0.3) is 5.91 Å². The van der Waals surface area contributed by atoms with Gasteiger partial charge in [0, 0.05) is 56.1 Å². The first-order valence-electron chi connectivity index (χ1n) is 11.9. The van der Waals surface area contributed by atoms with Gasteiger partial charge in [0.1, 0.15) is 0 Å². The highest BCUT2D eigenvalue weighted by atomic mass is 79.9. The highest BCUT2D eigenvalue weighted by Crippen LogP contribution is 2.29. The number of pyridine rings is 1. The molecule has 0 saturated heterocycles. The number of halogens is 1. The first-order chi connectivity index (χ1) is 18.9. The summed E-state index contributed by atoms with van der Waals surface area (Å²) in [6.07, 6.45) is 3.51. The molecule has 3 aromatic carbocycles. The maximum Gasteiger partial charge on any atom is 0.323 e. The van der Waals surface area contributed by atoms with Gasteiger partial charge in [-0.05, 0) is 85.3 Å². The fourth-order valence-corrected chi connectivity index (χ4v) is 4.66. The van der Waals surface area contributed by atoms with E-state index in [2.05, 4.69) is 47.2 Å². The summed E-state index contributed by atoms with van der Waals surface area (Å²) in [4.78, 5) is 33.9. The monoisotopic (exact) mass is 598 g/mol. The fourth-order valence-electron chi connectivity index (χ4n) is 3.66. The number of aryl methyl sites for hydroxylation is 1. The number of aromatic nitrogens is 2. The van der Waals surface area contributed by atoms with Crippen LogP contribution in [0.15, 0.2) is 101 Å². The van der Waals surface area contributed by atoms with Crippen molar-refractivity contribution in [1.29, 1.82) is 0 Å². The van der Waals surface area contributed by atoms with Crippen LogP contribution in [0.5, 0.6) is 0 Å². The van der Waals surface area contributed by atoms with Gasteiger partial charge in [-0.2, -0.15) is 0 Å². The topological polar surface area (TPSA) is 108 Å². The SMILES string of the molecule is Cc1ccc(NC(=O)c2ccc(NC(=O)Nc3ccc(Br)cc3)cc2)cc1Nc1nc(-c2cccnc2)cs1. The highest BCUT2D eigenvalue weighted by Gasteiger charge is 2.11. The molecule has 0 bridgehead atoms. The Morgan fingerprint density at radius 3 is 2.23 bits per heavy atom. The molecule has 0 spiro atoms. The first-order valence-corrected chi connectivity index (χ1v) is 13.6. The number of benzene rings is 3. The minimum atomic E-state index is -0.373. The van der Waals surface area contributed by atoms with Gasteiger partial charge in [-0.15, -0.1) is 11.3 Å². The molecular formula is C29H23BrN6O2S. The van der Waals surface area contributed by atoms with Gasteiger partial charge >= 0.3 is 6.03 Å². The standard InChI is InChI=1S/C29H23BrN6O2S/c1-18-4-9-24(15-25(18)35-29-36-26(17-39-29)20-3-2-14-31-16-20)32-27(37)19-5-10-22(11-6-19)33-28(38)34-23-12-7-21(30)8-13-23/h2-17H,1H3,(H,32,37)(H,35,36)(H2,33,34,38). The fraction of sp³-hybridized carbons (Fsp3) is 0.0345. The summed E-state index contributed by atoms with van der Waals surface area (Å²) in [5.74, 6) is -0.260. The number of anilines is 5. The van der Waals surface area contributed by atoms with Crippen molar-refractivity contribution in [1.82, 2.24) is 9.97 Å². The lowest BCUT2D eigenvalue weighted by Gasteiger charge is -2.11. The third-order valence-electron chi connectivity index (χ3n) is 5.71. The molecule has 5 aromatic rings.